The molecule has 2 saturated heterocycles. The average molecular weight is 1180 g/mol. The number of cyclic esters (lactones) is 1. The van der Waals surface area contributed by atoms with Crippen molar-refractivity contribution >= 4 is 59.3 Å². The standard InChI is InChI=1S/C61H88N6O17/c1-11-46(70)40(6)55-47(82-55)35-60(9,79)27-15-16-38(4)54-39(5)18-23-48(81-42(8)68)61(10,28-26-45(69)34-52(74)83-54)84-59(78)66-32-30-65(31-33-66)58(77)80-36-43-19-21-44(22-20-43)63-56(75)41(7)62-57(76)53(37(2)3)64-49(71)17-13-12-14-29-67-50(72)24-25-51(67)73/h15-16,18-25,27,37,39-41,45-48,53-55,69-70,79H,11-14,17,26,28-36H2,1-10H3,(H,62,76)(H,63,75)(H,64,71)/b23-18+,27-15+,38-16+/t39-,40+,41-,45+,46-,47+,48-,53-,54+,55+,60?,61+/m0/s1. The van der Waals surface area contributed by atoms with Crippen LogP contribution in [0.2, 0.25) is 0 Å². The number of ether oxygens (including phenoxy) is 5. The molecule has 0 saturated carbocycles. The third kappa shape index (κ3) is 20.7. The van der Waals surface area contributed by atoms with Gasteiger partial charge in [-0.25, -0.2) is 9.59 Å². The lowest BCUT2D eigenvalue weighted by atomic mass is 9.88. The van der Waals surface area contributed by atoms with E-state index in [0.717, 1.165) is 4.90 Å². The first-order valence-electron chi connectivity index (χ1n) is 29.2. The Labute approximate surface area is 492 Å². The summed E-state index contributed by atoms with van der Waals surface area (Å²) in [6, 6.07) is 4.68. The third-order valence-electron chi connectivity index (χ3n) is 15.5. The summed E-state index contributed by atoms with van der Waals surface area (Å²) in [5, 5.41) is 40.6. The number of anilines is 1. The Morgan fingerprint density at radius 3 is 2.15 bits per heavy atom. The van der Waals surface area contributed by atoms with E-state index in [1.165, 1.54) is 35.8 Å². The Morgan fingerprint density at radius 2 is 1.54 bits per heavy atom. The van der Waals surface area contributed by atoms with Gasteiger partial charge in [0.15, 0.2) is 11.7 Å². The lowest BCUT2D eigenvalue weighted by Gasteiger charge is -2.39. The quantitative estimate of drug-likeness (QED) is 0.0145. The molecule has 0 radical (unpaired) electrons. The molecule has 6 N–H and O–H groups in total. The van der Waals surface area contributed by atoms with Crippen LogP contribution in [0, 0.1) is 17.8 Å². The molecule has 4 aliphatic rings. The van der Waals surface area contributed by atoms with Gasteiger partial charge in [-0.15, -0.1) is 0 Å². The largest absolute Gasteiger partial charge is 0.457 e. The Morgan fingerprint density at radius 1 is 0.893 bits per heavy atom. The minimum atomic E-state index is -1.53. The maximum atomic E-state index is 13.9. The van der Waals surface area contributed by atoms with Gasteiger partial charge < -0.3 is 64.8 Å². The highest BCUT2D eigenvalue weighted by atomic mass is 16.6. The van der Waals surface area contributed by atoms with Gasteiger partial charge in [0.1, 0.15) is 24.8 Å². The number of benzene rings is 1. The van der Waals surface area contributed by atoms with Crippen molar-refractivity contribution in [2.45, 2.75) is 194 Å². The van der Waals surface area contributed by atoms with Crippen molar-refractivity contribution in [2.24, 2.45) is 17.8 Å². The zero-order valence-electron chi connectivity index (χ0n) is 50.2. The molecule has 12 atom stereocenters. The summed E-state index contributed by atoms with van der Waals surface area (Å²) in [5.74, 6) is -4.27. The maximum absolute atomic E-state index is 13.9. The van der Waals surface area contributed by atoms with E-state index >= 15 is 0 Å². The van der Waals surface area contributed by atoms with E-state index < -0.39 is 89.6 Å². The fourth-order valence-electron chi connectivity index (χ4n) is 10.1. The number of rotatable bonds is 24. The number of unbranched alkanes of at least 4 members (excludes halogenated alkanes) is 2. The molecule has 1 unspecified atom stereocenters. The second kappa shape index (κ2) is 31.3. The highest BCUT2D eigenvalue weighted by Gasteiger charge is 2.47. The Hall–Kier alpha value is -6.95. The van der Waals surface area contributed by atoms with E-state index in [4.69, 9.17) is 23.7 Å². The van der Waals surface area contributed by atoms with Gasteiger partial charge in [0.2, 0.25) is 17.7 Å². The number of epoxide rings is 1. The molecule has 23 heteroatoms. The molecule has 0 bridgehead atoms. The van der Waals surface area contributed by atoms with E-state index in [2.05, 4.69) is 16.0 Å². The molecule has 84 heavy (non-hydrogen) atoms. The first kappa shape index (κ1) is 67.8. The number of amides is 7. The van der Waals surface area contributed by atoms with Gasteiger partial charge in [0, 0.05) is 82.2 Å². The summed E-state index contributed by atoms with van der Waals surface area (Å²) < 4.78 is 29.2. The second-order valence-corrected chi connectivity index (χ2v) is 23.3. The van der Waals surface area contributed by atoms with Crippen LogP contribution in [-0.4, -0.2) is 176 Å². The number of nitrogens with one attached hydrogen (secondary N) is 3. The van der Waals surface area contributed by atoms with Gasteiger partial charge in [0.25, 0.3) is 11.8 Å². The van der Waals surface area contributed by atoms with E-state index in [1.54, 1.807) is 96.2 Å². The van der Waals surface area contributed by atoms with Crippen LogP contribution in [0.5, 0.6) is 0 Å². The number of hydrogen-bond donors (Lipinski definition) is 6. The molecule has 4 heterocycles. The van der Waals surface area contributed by atoms with Gasteiger partial charge in [-0.2, -0.15) is 0 Å². The molecule has 23 nitrogen and oxygen atoms in total. The molecule has 0 spiro atoms. The third-order valence-corrected chi connectivity index (χ3v) is 15.5. The Bertz CT molecular complexity index is 2590. The molecular formula is C61H88N6O17. The number of aliphatic hydroxyl groups is 3. The van der Waals surface area contributed by atoms with Crippen LogP contribution in [0.25, 0.3) is 0 Å². The van der Waals surface area contributed by atoms with Crippen LogP contribution in [0.3, 0.4) is 0 Å². The van der Waals surface area contributed by atoms with Crippen molar-refractivity contribution in [2.75, 3.05) is 38.0 Å². The van der Waals surface area contributed by atoms with Crippen LogP contribution in [-0.2, 0) is 63.9 Å². The number of aliphatic hydroxyl groups excluding tert-OH is 2. The predicted octanol–water partition coefficient (Wildman–Crippen LogP) is 5.30. The molecular weight excluding hydrogens is 1090 g/mol. The first-order chi connectivity index (χ1) is 39.6. The van der Waals surface area contributed by atoms with Gasteiger partial charge in [-0.05, 0) is 95.1 Å². The lowest BCUT2D eigenvalue weighted by Crippen LogP contribution is -2.54. The summed E-state index contributed by atoms with van der Waals surface area (Å²) in [7, 11) is 0. The van der Waals surface area contributed by atoms with Crippen LogP contribution >= 0.6 is 0 Å². The molecule has 0 aliphatic carbocycles. The number of carbonyl (C=O) groups excluding carboxylic acids is 9. The van der Waals surface area contributed by atoms with E-state index in [0.29, 0.717) is 48.9 Å². The van der Waals surface area contributed by atoms with Crippen LogP contribution in [0.1, 0.15) is 133 Å². The van der Waals surface area contributed by atoms with Gasteiger partial charge in [-0.1, -0.05) is 77.5 Å². The number of nitrogens with zero attached hydrogens (tertiary/aromatic N) is 3. The zero-order chi connectivity index (χ0) is 62.1. The van der Waals surface area contributed by atoms with Gasteiger partial charge in [0.05, 0.1) is 36.4 Å². The second-order valence-electron chi connectivity index (χ2n) is 23.3. The molecule has 2 fully saturated rings. The highest BCUT2D eigenvalue weighted by molar-refractivity contribution is 6.12. The summed E-state index contributed by atoms with van der Waals surface area (Å²) in [5.41, 5.74) is -1.12. The Kier molecular flexibility index (Phi) is 25.2. The van der Waals surface area contributed by atoms with Crippen molar-refractivity contribution in [1.82, 2.24) is 25.3 Å². The number of carbonyl (C=O) groups is 9. The van der Waals surface area contributed by atoms with Crippen LogP contribution in [0.4, 0.5) is 15.3 Å². The van der Waals surface area contributed by atoms with E-state index in [9.17, 15) is 58.5 Å². The van der Waals surface area contributed by atoms with E-state index in [-0.39, 0.29) is 107 Å². The van der Waals surface area contributed by atoms with E-state index in [1.807, 2.05) is 13.8 Å². The maximum Gasteiger partial charge on any atom is 0.410 e. The smallest absolute Gasteiger partial charge is 0.410 e. The number of allylic oxidation sites excluding steroid dienone is 2. The predicted molar refractivity (Wildman–Crippen MR) is 308 cm³/mol. The SMILES string of the molecule is CC[C@H](O)[C@@H](C)[C@H]1O[C@@H]1CC(C)(O)/C=C/C=C(\C)[C@H]1OC(=O)C[C@H](O)CC[C@@](C)(OC(=O)N2CCN(C(=O)OCc3ccc(NC(=O)[C@H](C)NC(=O)[C@@H](NC(=O)CCCCCN4C(=O)C=CC4=O)C(C)C)cc3)CC2)[C@@H](OC(C)=O)/C=C/[C@@H]1C. The summed E-state index contributed by atoms with van der Waals surface area (Å²) >= 11 is 0. The average Bonchev–Trinajstić information content (AvgIpc) is 3.83. The highest BCUT2D eigenvalue weighted by Crippen LogP contribution is 2.38. The monoisotopic (exact) mass is 1180 g/mol. The van der Waals surface area contributed by atoms with Gasteiger partial charge in [-0.3, -0.25) is 38.5 Å². The molecule has 0 aromatic heterocycles. The zero-order valence-corrected chi connectivity index (χ0v) is 50.2. The number of piperazine rings is 1. The minimum absolute atomic E-state index is 0.0140. The summed E-state index contributed by atoms with van der Waals surface area (Å²) in [6.07, 6.45) is 7.63. The molecule has 4 aliphatic heterocycles. The van der Waals surface area contributed by atoms with Gasteiger partial charge >= 0.3 is 24.1 Å². The van der Waals surface area contributed by atoms with Crippen molar-refractivity contribution < 1.29 is 82.2 Å². The van der Waals surface area contributed by atoms with Crippen LogP contribution < -0.4 is 16.0 Å². The van der Waals surface area contributed by atoms with Crippen molar-refractivity contribution in [3.05, 3.63) is 77.9 Å². The molecule has 1 aromatic carbocycles. The van der Waals surface area contributed by atoms with Crippen LogP contribution in [0.15, 0.2) is 72.4 Å². The fraction of sp³-hybridized carbons (Fsp3) is 0.623. The topological polar surface area (TPSA) is 310 Å². The number of esters is 2. The Balaban J connectivity index is 1.09. The molecule has 7 amide bonds. The van der Waals surface area contributed by atoms with Crippen molar-refractivity contribution in [1.29, 1.82) is 0 Å². The van der Waals surface area contributed by atoms with Crippen molar-refractivity contribution in [3.63, 3.8) is 0 Å². The first-order valence-corrected chi connectivity index (χ1v) is 29.2. The fourth-order valence-corrected chi connectivity index (χ4v) is 10.1. The minimum Gasteiger partial charge on any atom is -0.457 e. The van der Waals surface area contributed by atoms with Crippen molar-refractivity contribution in [3.8, 4) is 0 Å². The summed E-state index contributed by atoms with van der Waals surface area (Å²) in [4.78, 5) is 119. The number of imide groups is 1. The molecule has 5 rings (SSSR count). The lowest BCUT2D eigenvalue weighted by molar-refractivity contribution is -0.158. The molecule has 1 aromatic rings. The number of hydrogen-bond acceptors (Lipinski definition) is 17. The molecule has 464 valence electrons. The normalized spacial score (nSPS) is 25.7. The summed E-state index contributed by atoms with van der Waals surface area (Å²) in [6.45, 7) is 17.4.